The van der Waals surface area contributed by atoms with E-state index in [4.69, 9.17) is 16.0 Å². The molecule has 0 aliphatic rings. The van der Waals surface area contributed by atoms with Gasteiger partial charge >= 0.3 is 0 Å². The Hall–Kier alpha value is -2.86. The average Bonchev–Trinajstić information content (AvgIpc) is 3.12. The van der Waals surface area contributed by atoms with Crippen molar-refractivity contribution in [2.75, 3.05) is 18.4 Å². The summed E-state index contributed by atoms with van der Waals surface area (Å²) in [6, 6.07) is 11.4. The van der Waals surface area contributed by atoms with Gasteiger partial charge < -0.3 is 15.1 Å². The fraction of sp³-hybridized carbons (Fsp3) is 0.167. The molecule has 3 aromatic rings. The number of rotatable bonds is 6. The molecule has 2 aromatic heterocycles. The Kier molecular flexibility index (Phi) is 5.30. The molecular weight excluding hydrogens is 340 g/mol. The van der Waals surface area contributed by atoms with Crippen LogP contribution < -0.4 is 10.6 Å². The van der Waals surface area contributed by atoms with Crippen molar-refractivity contribution in [1.29, 1.82) is 0 Å². The topological polar surface area (TPSA) is 80.0 Å². The second-order valence-corrected chi connectivity index (χ2v) is 5.67. The minimum absolute atomic E-state index is 0.108. The predicted octanol–water partition coefficient (Wildman–Crippen LogP) is 3.61. The predicted molar refractivity (Wildman–Crippen MR) is 97.4 cm³/mol. The quantitative estimate of drug-likeness (QED) is 0.705. The number of carbonyl (C=O) groups excluding carboxylic acids is 1. The number of anilines is 1. The first-order valence-corrected chi connectivity index (χ1v) is 8.22. The molecule has 2 heterocycles. The molecule has 1 aromatic carbocycles. The van der Waals surface area contributed by atoms with Gasteiger partial charge in [-0.25, -0.2) is 9.97 Å². The highest BCUT2D eigenvalue weighted by Gasteiger charge is 2.13. The Morgan fingerprint density at radius 3 is 2.84 bits per heavy atom. The normalized spacial score (nSPS) is 10.5. The summed E-state index contributed by atoms with van der Waals surface area (Å²) < 4.78 is 5.57. The first-order chi connectivity index (χ1) is 12.2. The number of likely N-dealkylation sites (N-methyl/N-ethyl adjacent to an activating group) is 1. The molecule has 128 valence electrons. The van der Waals surface area contributed by atoms with Gasteiger partial charge in [0, 0.05) is 18.3 Å². The SMILES string of the molecule is CCNC(=O)CNc1cc(-c2nc(-c3ccccc3)co2)c(Cl)cn1. The molecule has 0 saturated carbocycles. The lowest BCUT2D eigenvalue weighted by Gasteiger charge is -2.07. The van der Waals surface area contributed by atoms with Crippen molar-refractivity contribution in [2.24, 2.45) is 0 Å². The molecule has 6 nitrogen and oxygen atoms in total. The van der Waals surface area contributed by atoms with Crippen molar-refractivity contribution in [3.05, 3.63) is 53.9 Å². The maximum Gasteiger partial charge on any atom is 0.239 e. The maximum absolute atomic E-state index is 11.5. The van der Waals surface area contributed by atoms with E-state index in [0.717, 1.165) is 11.3 Å². The molecule has 0 fully saturated rings. The minimum Gasteiger partial charge on any atom is -0.444 e. The van der Waals surface area contributed by atoms with Gasteiger partial charge in [-0.15, -0.1) is 0 Å². The zero-order valence-electron chi connectivity index (χ0n) is 13.6. The molecule has 0 spiro atoms. The van der Waals surface area contributed by atoms with Gasteiger partial charge in [-0.2, -0.15) is 0 Å². The van der Waals surface area contributed by atoms with E-state index >= 15 is 0 Å². The van der Waals surface area contributed by atoms with Gasteiger partial charge in [-0.1, -0.05) is 41.9 Å². The van der Waals surface area contributed by atoms with Gasteiger partial charge in [-0.3, -0.25) is 4.79 Å². The standard InChI is InChI=1S/C18H17ClN4O2/c1-2-20-17(24)10-22-16-8-13(14(19)9-21-16)18-23-15(11-25-18)12-6-4-3-5-7-12/h3-9,11H,2,10H2,1H3,(H,20,24)(H,21,22). The van der Waals surface area contributed by atoms with E-state index in [1.165, 1.54) is 6.20 Å². The largest absolute Gasteiger partial charge is 0.444 e. The molecule has 7 heteroatoms. The molecular formula is C18H17ClN4O2. The summed E-state index contributed by atoms with van der Waals surface area (Å²) >= 11 is 6.23. The van der Waals surface area contributed by atoms with Gasteiger partial charge in [0.1, 0.15) is 17.8 Å². The molecule has 0 unspecified atom stereocenters. The summed E-state index contributed by atoms with van der Waals surface area (Å²) in [5.74, 6) is 0.806. The van der Waals surface area contributed by atoms with Crippen LogP contribution in [0.25, 0.3) is 22.7 Å². The number of hydrogen-bond acceptors (Lipinski definition) is 5. The van der Waals surface area contributed by atoms with Gasteiger partial charge in [-0.05, 0) is 13.0 Å². The monoisotopic (exact) mass is 356 g/mol. The van der Waals surface area contributed by atoms with Crippen molar-refractivity contribution in [2.45, 2.75) is 6.92 Å². The molecule has 0 aliphatic carbocycles. The maximum atomic E-state index is 11.5. The van der Waals surface area contributed by atoms with Crippen LogP contribution in [0, 0.1) is 0 Å². The van der Waals surface area contributed by atoms with E-state index < -0.39 is 0 Å². The van der Waals surface area contributed by atoms with Crippen LogP contribution in [0.1, 0.15) is 6.92 Å². The highest BCUT2D eigenvalue weighted by molar-refractivity contribution is 6.33. The number of oxazole rings is 1. The van der Waals surface area contributed by atoms with Gasteiger partial charge in [0.05, 0.1) is 17.1 Å². The van der Waals surface area contributed by atoms with Crippen LogP contribution in [0.5, 0.6) is 0 Å². The minimum atomic E-state index is -0.108. The van der Waals surface area contributed by atoms with Crippen LogP contribution >= 0.6 is 11.6 Å². The van der Waals surface area contributed by atoms with E-state index in [1.54, 1.807) is 12.3 Å². The second kappa shape index (κ2) is 7.81. The van der Waals surface area contributed by atoms with Gasteiger partial charge in [0.25, 0.3) is 0 Å². The highest BCUT2D eigenvalue weighted by Crippen LogP contribution is 2.30. The fourth-order valence-corrected chi connectivity index (χ4v) is 2.45. The third-order valence-electron chi connectivity index (χ3n) is 3.46. The molecule has 3 rings (SSSR count). The zero-order valence-corrected chi connectivity index (χ0v) is 14.4. The summed E-state index contributed by atoms with van der Waals surface area (Å²) in [5, 5.41) is 6.08. The number of hydrogen-bond donors (Lipinski definition) is 2. The first-order valence-electron chi connectivity index (χ1n) is 7.85. The molecule has 0 radical (unpaired) electrons. The van der Waals surface area contributed by atoms with Crippen molar-refractivity contribution >= 4 is 23.3 Å². The lowest BCUT2D eigenvalue weighted by molar-refractivity contribution is -0.119. The van der Waals surface area contributed by atoms with Crippen molar-refractivity contribution in [1.82, 2.24) is 15.3 Å². The number of pyridine rings is 1. The lowest BCUT2D eigenvalue weighted by atomic mass is 10.2. The van der Waals surface area contributed by atoms with E-state index in [-0.39, 0.29) is 12.5 Å². The van der Waals surface area contributed by atoms with E-state index in [2.05, 4.69) is 20.6 Å². The van der Waals surface area contributed by atoms with E-state index in [0.29, 0.717) is 28.8 Å². The summed E-state index contributed by atoms with van der Waals surface area (Å²) in [6.45, 7) is 2.57. The zero-order chi connectivity index (χ0) is 17.6. The Bertz CT molecular complexity index is 865. The lowest BCUT2D eigenvalue weighted by Crippen LogP contribution is -2.29. The number of carbonyl (C=O) groups is 1. The van der Waals surface area contributed by atoms with E-state index in [1.807, 2.05) is 37.3 Å². The number of amides is 1. The van der Waals surface area contributed by atoms with Gasteiger partial charge in [0.2, 0.25) is 11.8 Å². The van der Waals surface area contributed by atoms with Crippen LogP contribution in [-0.4, -0.2) is 29.0 Å². The third-order valence-corrected chi connectivity index (χ3v) is 3.76. The Morgan fingerprint density at radius 1 is 1.28 bits per heavy atom. The molecule has 0 saturated heterocycles. The van der Waals surface area contributed by atoms with Gasteiger partial charge in [0.15, 0.2) is 0 Å². The fourth-order valence-electron chi connectivity index (χ4n) is 2.27. The first kappa shape index (κ1) is 17.0. The Labute approximate surface area is 150 Å². The van der Waals surface area contributed by atoms with Crippen LogP contribution in [0.2, 0.25) is 5.02 Å². The number of nitrogens with one attached hydrogen (secondary N) is 2. The van der Waals surface area contributed by atoms with Crippen molar-refractivity contribution in [3.8, 4) is 22.7 Å². The number of halogens is 1. The van der Waals surface area contributed by atoms with Crippen LogP contribution in [0.15, 0.2) is 53.3 Å². The molecule has 0 bridgehead atoms. The molecule has 2 N–H and O–H groups in total. The van der Waals surface area contributed by atoms with Crippen molar-refractivity contribution < 1.29 is 9.21 Å². The third kappa shape index (κ3) is 4.16. The Balaban J connectivity index is 1.81. The number of nitrogens with zero attached hydrogens (tertiary/aromatic N) is 2. The Morgan fingerprint density at radius 2 is 2.08 bits per heavy atom. The summed E-state index contributed by atoms with van der Waals surface area (Å²) in [6.07, 6.45) is 3.09. The van der Waals surface area contributed by atoms with E-state index in [9.17, 15) is 4.79 Å². The molecule has 1 amide bonds. The number of aromatic nitrogens is 2. The van der Waals surface area contributed by atoms with Crippen molar-refractivity contribution in [3.63, 3.8) is 0 Å². The molecule has 0 atom stereocenters. The van der Waals surface area contributed by atoms with Crippen LogP contribution in [0.4, 0.5) is 5.82 Å². The summed E-state index contributed by atoms with van der Waals surface area (Å²) in [5.41, 5.74) is 2.29. The molecule has 25 heavy (non-hydrogen) atoms. The second-order valence-electron chi connectivity index (χ2n) is 5.26. The smallest absolute Gasteiger partial charge is 0.239 e. The average molecular weight is 357 g/mol. The van der Waals surface area contributed by atoms with Crippen LogP contribution in [-0.2, 0) is 4.79 Å². The van der Waals surface area contributed by atoms with Crippen LogP contribution in [0.3, 0.4) is 0 Å². The number of benzene rings is 1. The highest BCUT2D eigenvalue weighted by atomic mass is 35.5. The summed E-state index contributed by atoms with van der Waals surface area (Å²) in [4.78, 5) is 20.2. The summed E-state index contributed by atoms with van der Waals surface area (Å²) in [7, 11) is 0. The molecule has 0 aliphatic heterocycles.